The van der Waals surface area contributed by atoms with E-state index in [2.05, 4.69) is 4.90 Å². The zero-order valence-corrected chi connectivity index (χ0v) is 14.6. The van der Waals surface area contributed by atoms with E-state index in [1.54, 1.807) is 12.1 Å². The summed E-state index contributed by atoms with van der Waals surface area (Å²) in [6, 6.07) is 2.69. The van der Waals surface area contributed by atoms with Gasteiger partial charge in [0.25, 0.3) is 0 Å². The van der Waals surface area contributed by atoms with E-state index in [-0.39, 0.29) is 11.1 Å². The molecule has 0 aliphatic carbocycles. The van der Waals surface area contributed by atoms with Gasteiger partial charge in [-0.2, -0.15) is 0 Å². The standard InChI is InChI=1S/C16H23ClN2O4/c1-10-9-18(2)7-8-19(10)14(16(20)21)11-5-6-12(22-3)15(23-4)13(11)17/h5-6,10,14H,7-9H2,1-4H3,(H,20,21). The average Bonchev–Trinajstić information content (AvgIpc) is 2.50. The normalized spacial score (nSPS) is 21.0. The molecular weight excluding hydrogens is 320 g/mol. The number of benzene rings is 1. The van der Waals surface area contributed by atoms with Crippen LogP contribution in [0.1, 0.15) is 18.5 Å². The van der Waals surface area contributed by atoms with Crippen molar-refractivity contribution in [3.63, 3.8) is 0 Å². The second kappa shape index (κ2) is 7.38. The third kappa shape index (κ3) is 3.54. The maximum atomic E-state index is 11.9. The van der Waals surface area contributed by atoms with Gasteiger partial charge in [-0.05, 0) is 20.0 Å². The zero-order chi connectivity index (χ0) is 17.1. The van der Waals surface area contributed by atoms with Crippen LogP contribution in [0.15, 0.2) is 12.1 Å². The molecule has 1 heterocycles. The minimum absolute atomic E-state index is 0.110. The second-order valence-corrected chi connectivity index (χ2v) is 6.17. The van der Waals surface area contributed by atoms with Crippen molar-refractivity contribution in [3.05, 3.63) is 22.7 Å². The summed E-state index contributed by atoms with van der Waals surface area (Å²) in [5.74, 6) is -0.0768. The molecule has 1 fully saturated rings. The van der Waals surface area contributed by atoms with Gasteiger partial charge in [0.05, 0.1) is 19.2 Å². The van der Waals surface area contributed by atoms with E-state index in [9.17, 15) is 9.90 Å². The van der Waals surface area contributed by atoms with Crippen molar-refractivity contribution >= 4 is 17.6 Å². The summed E-state index contributed by atoms with van der Waals surface area (Å²) in [6.07, 6.45) is 0. The fourth-order valence-corrected chi connectivity index (χ4v) is 3.44. The molecule has 0 spiro atoms. The van der Waals surface area contributed by atoms with Gasteiger partial charge in [0.15, 0.2) is 11.5 Å². The van der Waals surface area contributed by atoms with Gasteiger partial charge in [-0.1, -0.05) is 17.7 Å². The number of ether oxygens (including phenoxy) is 2. The Labute approximate surface area is 141 Å². The first-order valence-electron chi connectivity index (χ1n) is 7.48. The Kier molecular flexibility index (Phi) is 5.73. The SMILES string of the molecule is COc1ccc(C(C(=O)O)N2CCN(C)CC2C)c(Cl)c1OC. The molecule has 7 heteroatoms. The van der Waals surface area contributed by atoms with Gasteiger partial charge in [-0.15, -0.1) is 0 Å². The predicted octanol–water partition coefficient (Wildman–Crippen LogP) is 2.12. The number of carbonyl (C=O) groups is 1. The molecule has 0 amide bonds. The van der Waals surface area contributed by atoms with Crippen LogP contribution in [-0.4, -0.2) is 67.8 Å². The summed E-state index contributed by atoms with van der Waals surface area (Å²) in [7, 11) is 5.04. The van der Waals surface area contributed by atoms with E-state index in [1.165, 1.54) is 14.2 Å². The smallest absolute Gasteiger partial charge is 0.325 e. The van der Waals surface area contributed by atoms with Crippen molar-refractivity contribution in [1.29, 1.82) is 0 Å². The molecule has 0 saturated carbocycles. The molecule has 1 N–H and O–H groups in total. The van der Waals surface area contributed by atoms with Crippen LogP contribution in [0.2, 0.25) is 5.02 Å². The van der Waals surface area contributed by atoms with Gasteiger partial charge in [0.2, 0.25) is 0 Å². The summed E-state index contributed by atoms with van der Waals surface area (Å²) in [4.78, 5) is 16.1. The Morgan fingerprint density at radius 3 is 2.57 bits per heavy atom. The van der Waals surface area contributed by atoms with E-state index in [0.717, 1.165) is 13.1 Å². The number of carboxylic acids is 1. The largest absolute Gasteiger partial charge is 0.493 e. The molecule has 2 unspecified atom stereocenters. The molecule has 128 valence electrons. The lowest BCUT2D eigenvalue weighted by Crippen LogP contribution is -2.53. The molecule has 1 aromatic carbocycles. The van der Waals surface area contributed by atoms with Crippen molar-refractivity contribution in [1.82, 2.24) is 9.80 Å². The van der Waals surface area contributed by atoms with Crippen LogP contribution in [0.5, 0.6) is 11.5 Å². The van der Waals surface area contributed by atoms with Crippen LogP contribution in [0, 0.1) is 0 Å². The maximum absolute atomic E-state index is 11.9. The number of hydrogen-bond donors (Lipinski definition) is 1. The highest BCUT2D eigenvalue weighted by molar-refractivity contribution is 6.33. The monoisotopic (exact) mass is 342 g/mol. The third-order valence-corrected chi connectivity index (χ3v) is 4.65. The molecule has 2 atom stereocenters. The van der Waals surface area contributed by atoms with Gasteiger partial charge in [-0.25, -0.2) is 0 Å². The molecule has 1 aromatic rings. The molecule has 1 aliphatic heterocycles. The Morgan fingerprint density at radius 2 is 2.04 bits per heavy atom. The van der Waals surface area contributed by atoms with Crippen LogP contribution >= 0.6 is 11.6 Å². The highest BCUT2D eigenvalue weighted by atomic mass is 35.5. The highest BCUT2D eigenvalue weighted by Gasteiger charge is 2.36. The second-order valence-electron chi connectivity index (χ2n) is 5.79. The Balaban J connectivity index is 2.44. The van der Waals surface area contributed by atoms with E-state index < -0.39 is 12.0 Å². The number of halogens is 1. The van der Waals surface area contributed by atoms with Crippen LogP contribution in [0.4, 0.5) is 0 Å². The van der Waals surface area contributed by atoms with Crippen molar-refractivity contribution in [2.45, 2.75) is 19.0 Å². The first kappa shape index (κ1) is 17.8. The number of aliphatic carboxylic acids is 1. The van der Waals surface area contributed by atoms with Gasteiger partial charge in [0, 0.05) is 31.2 Å². The molecule has 2 rings (SSSR count). The maximum Gasteiger partial charge on any atom is 0.325 e. The number of rotatable bonds is 5. The highest BCUT2D eigenvalue weighted by Crippen LogP contribution is 2.41. The topological polar surface area (TPSA) is 62.2 Å². The fraction of sp³-hybridized carbons (Fsp3) is 0.562. The molecule has 0 radical (unpaired) electrons. The van der Waals surface area contributed by atoms with Gasteiger partial charge in [-0.3, -0.25) is 9.69 Å². The Hall–Kier alpha value is -1.50. The fourth-order valence-electron chi connectivity index (χ4n) is 3.11. The summed E-state index contributed by atoms with van der Waals surface area (Å²) in [6.45, 7) is 4.33. The number of likely N-dealkylation sites (N-methyl/N-ethyl adjacent to an activating group) is 1. The van der Waals surface area contributed by atoms with Crippen LogP contribution < -0.4 is 9.47 Å². The predicted molar refractivity (Wildman–Crippen MR) is 88.6 cm³/mol. The Bertz CT molecular complexity index is 581. The zero-order valence-electron chi connectivity index (χ0n) is 13.9. The van der Waals surface area contributed by atoms with E-state index in [4.69, 9.17) is 21.1 Å². The van der Waals surface area contributed by atoms with Crippen LogP contribution in [-0.2, 0) is 4.79 Å². The van der Waals surface area contributed by atoms with Crippen molar-refractivity contribution in [2.75, 3.05) is 40.9 Å². The number of hydrogen-bond acceptors (Lipinski definition) is 5. The Morgan fingerprint density at radius 1 is 1.35 bits per heavy atom. The average molecular weight is 343 g/mol. The van der Waals surface area contributed by atoms with Crippen LogP contribution in [0.25, 0.3) is 0 Å². The quantitative estimate of drug-likeness (QED) is 0.884. The first-order valence-corrected chi connectivity index (χ1v) is 7.86. The van der Waals surface area contributed by atoms with Crippen molar-refractivity contribution < 1.29 is 19.4 Å². The van der Waals surface area contributed by atoms with E-state index in [1.807, 2.05) is 18.9 Å². The molecule has 0 aromatic heterocycles. The summed E-state index contributed by atoms with van der Waals surface area (Å²) in [5, 5.41) is 10.1. The first-order chi connectivity index (χ1) is 10.9. The lowest BCUT2D eigenvalue weighted by atomic mass is 10.0. The van der Waals surface area contributed by atoms with Gasteiger partial charge in [0.1, 0.15) is 6.04 Å². The molecule has 23 heavy (non-hydrogen) atoms. The lowest BCUT2D eigenvalue weighted by molar-refractivity contribution is -0.145. The van der Waals surface area contributed by atoms with Crippen molar-refractivity contribution in [2.24, 2.45) is 0 Å². The summed E-state index contributed by atoms with van der Waals surface area (Å²) >= 11 is 6.42. The summed E-state index contributed by atoms with van der Waals surface area (Å²) < 4.78 is 10.5. The van der Waals surface area contributed by atoms with Crippen molar-refractivity contribution in [3.8, 4) is 11.5 Å². The molecule has 1 saturated heterocycles. The molecule has 6 nitrogen and oxygen atoms in total. The van der Waals surface area contributed by atoms with E-state index >= 15 is 0 Å². The van der Waals surface area contributed by atoms with Gasteiger partial charge < -0.3 is 19.5 Å². The molecule has 0 bridgehead atoms. The van der Waals surface area contributed by atoms with E-state index in [0.29, 0.717) is 23.6 Å². The minimum atomic E-state index is -0.921. The number of methoxy groups -OCH3 is 2. The number of carboxylic acid groups (broad SMARTS) is 1. The number of piperazine rings is 1. The summed E-state index contributed by atoms with van der Waals surface area (Å²) in [5.41, 5.74) is 0.521. The number of nitrogens with zero attached hydrogens (tertiary/aromatic N) is 2. The minimum Gasteiger partial charge on any atom is -0.493 e. The molecular formula is C16H23ClN2O4. The van der Waals surface area contributed by atoms with Gasteiger partial charge >= 0.3 is 5.97 Å². The third-order valence-electron chi connectivity index (χ3n) is 4.26. The van der Waals surface area contributed by atoms with Crippen LogP contribution in [0.3, 0.4) is 0 Å². The lowest BCUT2D eigenvalue weighted by Gasteiger charge is -2.41. The molecule has 1 aliphatic rings.